The van der Waals surface area contributed by atoms with Gasteiger partial charge in [-0.1, -0.05) is 12.1 Å². The highest BCUT2D eigenvalue weighted by Gasteiger charge is 2.03. The molecule has 88 valence electrons. The molecule has 1 amide bonds. The van der Waals surface area contributed by atoms with E-state index in [4.69, 9.17) is 10.5 Å². The topological polar surface area (TPSA) is 64.3 Å². The number of ether oxygens (including phenoxy) is 1. The van der Waals surface area contributed by atoms with Gasteiger partial charge in [-0.05, 0) is 38.0 Å². The fourth-order valence-corrected chi connectivity index (χ4v) is 1.25. The quantitative estimate of drug-likeness (QED) is 0.765. The van der Waals surface area contributed by atoms with Gasteiger partial charge in [0, 0.05) is 12.2 Å². The van der Waals surface area contributed by atoms with Crippen LogP contribution in [-0.4, -0.2) is 18.7 Å². The lowest BCUT2D eigenvalue weighted by Gasteiger charge is -2.09. The Kier molecular flexibility index (Phi) is 4.64. The van der Waals surface area contributed by atoms with E-state index in [1.54, 1.807) is 0 Å². The third kappa shape index (κ3) is 4.68. The van der Waals surface area contributed by atoms with Gasteiger partial charge in [0.25, 0.3) is 0 Å². The molecule has 0 saturated carbocycles. The van der Waals surface area contributed by atoms with E-state index in [0.29, 0.717) is 6.54 Å². The molecule has 0 unspecified atom stereocenters. The highest BCUT2D eigenvalue weighted by molar-refractivity contribution is 5.67. The number of benzene rings is 1. The van der Waals surface area contributed by atoms with E-state index >= 15 is 0 Å². The lowest BCUT2D eigenvalue weighted by atomic mass is 10.1. The molecular weight excluding hydrogens is 204 g/mol. The average Bonchev–Trinajstić information content (AvgIpc) is 2.20. The van der Waals surface area contributed by atoms with Crippen LogP contribution < -0.4 is 11.1 Å². The Hall–Kier alpha value is -1.71. The van der Waals surface area contributed by atoms with E-state index < -0.39 is 0 Å². The number of carbonyl (C=O) groups excluding carboxylic acids is 1. The van der Waals surface area contributed by atoms with E-state index in [0.717, 1.165) is 17.7 Å². The molecule has 0 aliphatic rings. The molecule has 1 aromatic carbocycles. The first-order valence-corrected chi connectivity index (χ1v) is 5.37. The van der Waals surface area contributed by atoms with E-state index in [-0.39, 0.29) is 12.2 Å². The van der Waals surface area contributed by atoms with Crippen molar-refractivity contribution in [3.63, 3.8) is 0 Å². The summed E-state index contributed by atoms with van der Waals surface area (Å²) in [5.41, 5.74) is 7.45. The summed E-state index contributed by atoms with van der Waals surface area (Å²) in [5, 5.41) is 2.68. The number of hydrogen-bond donors (Lipinski definition) is 2. The van der Waals surface area contributed by atoms with Crippen LogP contribution in [0, 0.1) is 0 Å². The standard InChI is InChI=1S/C12H18N2O2/c1-9(2)16-12(15)14-8-7-10-3-5-11(13)6-4-10/h3-6,9H,7-8,13H2,1-2H3,(H,14,15). The maximum atomic E-state index is 11.1. The average molecular weight is 222 g/mol. The fraction of sp³-hybridized carbons (Fsp3) is 0.417. The first-order valence-electron chi connectivity index (χ1n) is 5.37. The van der Waals surface area contributed by atoms with Crippen LogP contribution in [0.25, 0.3) is 0 Å². The predicted molar refractivity (Wildman–Crippen MR) is 64.2 cm³/mol. The second-order valence-corrected chi connectivity index (χ2v) is 3.87. The van der Waals surface area contributed by atoms with Gasteiger partial charge in [-0.25, -0.2) is 4.79 Å². The zero-order chi connectivity index (χ0) is 12.0. The lowest BCUT2D eigenvalue weighted by molar-refractivity contribution is 0.116. The van der Waals surface area contributed by atoms with Crippen molar-refractivity contribution < 1.29 is 9.53 Å². The molecule has 4 heteroatoms. The second-order valence-electron chi connectivity index (χ2n) is 3.87. The Morgan fingerprint density at radius 2 is 2.00 bits per heavy atom. The van der Waals surface area contributed by atoms with Gasteiger partial charge in [0.2, 0.25) is 0 Å². The Morgan fingerprint density at radius 1 is 1.38 bits per heavy atom. The Balaban J connectivity index is 2.25. The molecule has 1 aromatic rings. The van der Waals surface area contributed by atoms with E-state index in [1.807, 2.05) is 38.1 Å². The van der Waals surface area contributed by atoms with Crippen LogP contribution in [0.5, 0.6) is 0 Å². The summed E-state index contributed by atoms with van der Waals surface area (Å²) in [4.78, 5) is 11.1. The fourth-order valence-electron chi connectivity index (χ4n) is 1.25. The van der Waals surface area contributed by atoms with Gasteiger partial charge in [-0.3, -0.25) is 0 Å². The maximum Gasteiger partial charge on any atom is 0.407 e. The number of carbonyl (C=O) groups is 1. The van der Waals surface area contributed by atoms with E-state index in [1.165, 1.54) is 0 Å². The van der Waals surface area contributed by atoms with Crippen LogP contribution in [0.3, 0.4) is 0 Å². The van der Waals surface area contributed by atoms with Crippen molar-refractivity contribution >= 4 is 11.8 Å². The van der Waals surface area contributed by atoms with Gasteiger partial charge in [-0.2, -0.15) is 0 Å². The summed E-state index contributed by atoms with van der Waals surface area (Å²) in [6, 6.07) is 7.60. The smallest absolute Gasteiger partial charge is 0.407 e. The van der Waals surface area contributed by atoms with Crippen molar-refractivity contribution in [1.82, 2.24) is 5.32 Å². The highest BCUT2D eigenvalue weighted by Crippen LogP contribution is 2.05. The predicted octanol–water partition coefficient (Wildman–Crippen LogP) is 1.95. The maximum absolute atomic E-state index is 11.1. The molecule has 0 aliphatic heterocycles. The van der Waals surface area contributed by atoms with Crippen LogP contribution in [0.15, 0.2) is 24.3 Å². The molecule has 4 nitrogen and oxygen atoms in total. The molecule has 0 fully saturated rings. The van der Waals surface area contributed by atoms with Gasteiger partial charge in [0.15, 0.2) is 0 Å². The van der Waals surface area contributed by atoms with Gasteiger partial charge < -0.3 is 15.8 Å². The molecular formula is C12H18N2O2. The van der Waals surface area contributed by atoms with Crippen LogP contribution in [-0.2, 0) is 11.2 Å². The third-order valence-electron chi connectivity index (χ3n) is 2.01. The van der Waals surface area contributed by atoms with Crippen molar-refractivity contribution in [3.8, 4) is 0 Å². The zero-order valence-electron chi connectivity index (χ0n) is 9.69. The third-order valence-corrected chi connectivity index (χ3v) is 2.01. The van der Waals surface area contributed by atoms with Crippen LogP contribution in [0.1, 0.15) is 19.4 Å². The van der Waals surface area contributed by atoms with Gasteiger partial charge in [0.05, 0.1) is 6.10 Å². The number of nitrogens with two attached hydrogens (primary N) is 1. The second kappa shape index (κ2) is 6.00. The summed E-state index contributed by atoms with van der Waals surface area (Å²) < 4.78 is 4.94. The van der Waals surface area contributed by atoms with Crippen LogP contribution in [0.4, 0.5) is 10.5 Å². The summed E-state index contributed by atoms with van der Waals surface area (Å²) in [5.74, 6) is 0. The molecule has 3 N–H and O–H groups in total. The normalized spacial score (nSPS) is 10.2. The number of alkyl carbamates (subject to hydrolysis) is 1. The molecule has 0 saturated heterocycles. The molecule has 0 aliphatic carbocycles. The van der Waals surface area contributed by atoms with Gasteiger partial charge >= 0.3 is 6.09 Å². The molecule has 0 spiro atoms. The van der Waals surface area contributed by atoms with Gasteiger partial charge in [0.1, 0.15) is 0 Å². The SMILES string of the molecule is CC(C)OC(=O)NCCc1ccc(N)cc1. The van der Waals surface area contributed by atoms with E-state index in [2.05, 4.69) is 5.32 Å². The Bertz CT molecular complexity index is 333. The summed E-state index contributed by atoms with van der Waals surface area (Å²) in [6.45, 7) is 4.20. The van der Waals surface area contributed by atoms with Crippen LogP contribution >= 0.6 is 0 Å². The van der Waals surface area contributed by atoms with Crippen molar-refractivity contribution in [2.45, 2.75) is 26.4 Å². The molecule has 0 heterocycles. The van der Waals surface area contributed by atoms with Crippen molar-refractivity contribution in [3.05, 3.63) is 29.8 Å². The molecule has 16 heavy (non-hydrogen) atoms. The molecule has 1 rings (SSSR count). The molecule has 0 radical (unpaired) electrons. The minimum atomic E-state index is -0.370. The van der Waals surface area contributed by atoms with Crippen molar-refractivity contribution in [1.29, 1.82) is 0 Å². The summed E-state index contributed by atoms with van der Waals surface area (Å²) in [6.07, 6.45) is 0.315. The number of anilines is 1. The van der Waals surface area contributed by atoms with Gasteiger partial charge in [-0.15, -0.1) is 0 Å². The monoisotopic (exact) mass is 222 g/mol. The molecule has 0 bridgehead atoms. The Labute approximate surface area is 95.8 Å². The molecule has 0 atom stereocenters. The van der Waals surface area contributed by atoms with Crippen molar-refractivity contribution in [2.24, 2.45) is 0 Å². The lowest BCUT2D eigenvalue weighted by Crippen LogP contribution is -2.28. The summed E-state index contributed by atoms with van der Waals surface area (Å²) >= 11 is 0. The zero-order valence-corrected chi connectivity index (χ0v) is 9.69. The molecule has 0 aromatic heterocycles. The number of nitrogens with one attached hydrogen (secondary N) is 1. The number of rotatable bonds is 4. The highest BCUT2D eigenvalue weighted by atomic mass is 16.6. The minimum Gasteiger partial charge on any atom is -0.447 e. The minimum absolute atomic E-state index is 0.0866. The first-order chi connectivity index (χ1) is 7.58. The summed E-state index contributed by atoms with van der Waals surface area (Å²) in [7, 11) is 0. The van der Waals surface area contributed by atoms with Crippen LogP contribution in [0.2, 0.25) is 0 Å². The largest absolute Gasteiger partial charge is 0.447 e. The first kappa shape index (κ1) is 12.4. The Morgan fingerprint density at radius 3 is 2.56 bits per heavy atom. The number of hydrogen-bond acceptors (Lipinski definition) is 3. The van der Waals surface area contributed by atoms with E-state index in [9.17, 15) is 4.79 Å². The van der Waals surface area contributed by atoms with Crippen molar-refractivity contribution in [2.75, 3.05) is 12.3 Å². The number of amides is 1. The number of nitrogen functional groups attached to an aromatic ring is 1.